The molecule has 2 rings (SSSR count). The minimum atomic E-state index is 0. The van der Waals surface area contributed by atoms with Gasteiger partial charge in [0, 0.05) is 5.56 Å². The molecule has 0 amide bonds. The Morgan fingerprint density at radius 2 is 1.94 bits per heavy atom. The van der Waals surface area contributed by atoms with Crippen LogP contribution >= 0.6 is 0 Å². The molecule has 1 aliphatic carbocycles. The number of rotatable bonds is 3. The summed E-state index contributed by atoms with van der Waals surface area (Å²) in [5.41, 5.74) is 0.745. The van der Waals surface area contributed by atoms with Gasteiger partial charge in [-0.3, -0.25) is 4.79 Å². The van der Waals surface area contributed by atoms with E-state index in [0.717, 1.165) is 12.0 Å². The molecule has 0 aromatic heterocycles. The average molecular weight is 234 g/mol. The molecule has 0 radical (unpaired) electrons. The third-order valence-corrected chi connectivity index (χ3v) is 2.57. The molecule has 0 aliphatic heterocycles. The Labute approximate surface area is 124 Å². The molecule has 1 nitrogen and oxygen atoms in total. The number of allylic oxidation sites excluding steroid dienone is 6. The van der Waals surface area contributed by atoms with Crippen molar-refractivity contribution >= 4 is 35.3 Å². The van der Waals surface area contributed by atoms with Crippen LogP contribution in [0.1, 0.15) is 16.8 Å². The van der Waals surface area contributed by atoms with E-state index in [1.807, 2.05) is 48.6 Å². The molecule has 0 saturated heterocycles. The Morgan fingerprint density at radius 1 is 1.18 bits per heavy atom. The van der Waals surface area contributed by atoms with E-state index < -0.39 is 0 Å². The van der Waals surface area contributed by atoms with Crippen LogP contribution in [0.15, 0.2) is 66.8 Å². The predicted molar refractivity (Wildman–Crippen MR) is 73.4 cm³/mol. The van der Waals surface area contributed by atoms with E-state index in [1.165, 1.54) is 0 Å². The van der Waals surface area contributed by atoms with Gasteiger partial charge >= 0.3 is 29.6 Å². The fraction of sp³-hybridized carbons (Fsp3) is 0.133. The number of hydrogen-bond acceptors (Lipinski definition) is 1. The van der Waals surface area contributed by atoms with Gasteiger partial charge < -0.3 is 0 Å². The van der Waals surface area contributed by atoms with Crippen molar-refractivity contribution in [2.24, 2.45) is 5.92 Å². The van der Waals surface area contributed by atoms with Gasteiger partial charge in [0.1, 0.15) is 0 Å². The monoisotopic (exact) mass is 234 g/mol. The first-order chi connectivity index (χ1) is 7.86. The van der Waals surface area contributed by atoms with Gasteiger partial charge in [-0.15, -0.1) is 0 Å². The van der Waals surface area contributed by atoms with Crippen molar-refractivity contribution in [3.63, 3.8) is 0 Å². The summed E-state index contributed by atoms with van der Waals surface area (Å²) in [5.74, 6) is 0.432. The SMILES string of the molecule is O=C(C=CC1C=CC=CC1)c1ccccc1.[NaH]. The summed E-state index contributed by atoms with van der Waals surface area (Å²) < 4.78 is 0. The van der Waals surface area contributed by atoms with Crippen molar-refractivity contribution in [2.75, 3.05) is 0 Å². The fourth-order valence-electron chi connectivity index (χ4n) is 1.65. The van der Waals surface area contributed by atoms with E-state index in [-0.39, 0.29) is 35.3 Å². The molecule has 82 valence electrons. The second-order valence-corrected chi connectivity index (χ2v) is 3.80. The summed E-state index contributed by atoms with van der Waals surface area (Å²) in [6, 6.07) is 9.34. The van der Waals surface area contributed by atoms with Crippen molar-refractivity contribution in [3.05, 3.63) is 72.4 Å². The van der Waals surface area contributed by atoms with E-state index in [4.69, 9.17) is 0 Å². The Bertz CT molecular complexity index is 443. The van der Waals surface area contributed by atoms with Crippen LogP contribution < -0.4 is 0 Å². The first-order valence-electron chi connectivity index (χ1n) is 5.47. The van der Waals surface area contributed by atoms with Gasteiger partial charge in [0.05, 0.1) is 0 Å². The third-order valence-electron chi connectivity index (χ3n) is 2.57. The molecule has 1 aromatic carbocycles. The molecule has 0 N–H and O–H groups in total. The second kappa shape index (κ2) is 7.44. The molecular weight excluding hydrogens is 219 g/mol. The molecule has 2 heteroatoms. The Morgan fingerprint density at radius 3 is 2.59 bits per heavy atom. The summed E-state index contributed by atoms with van der Waals surface area (Å²) in [6.45, 7) is 0. The number of ketones is 1. The normalized spacial score (nSPS) is 18.0. The molecule has 0 heterocycles. The van der Waals surface area contributed by atoms with Gasteiger partial charge in [-0.25, -0.2) is 0 Å². The summed E-state index contributed by atoms with van der Waals surface area (Å²) in [7, 11) is 0. The number of benzene rings is 1. The first-order valence-corrected chi connectivity index (χ1v) is 5.47. The molecule has 0 bridgehead atoms. The van der Waals surface area contributed by atoms with Gasteiger partial charge in [-0.1, -0.05) is 60.7 Å². The average Bonchev–Trinajstić information content (AvgIpc) is 2.38. The molecular formula is C15H15NaO. The van der Waals surface area contributed by atoms with Gasteiger partial charge in [0.25, 0.3) is 0 Å². The van der Waals surface area contributed by atoms with Crippen LogP contribution in [0.25, 0.3) is 0 Å². The number of carbonyl (C=O) groups is 1. The molecule has 1 atom stereocenters. The van der Waals surface area contributed by atoms with Crippen LogP contribution in [0.2, 0.25) is 0 Å². The zero-order valence-electron chi connectivity index (χ0n) is 9.04. The predicted octanol–water partition coefficient (Wildman–Crippen LogP) is 2.91. The van der Waals surface area contributed by atoms with Crippen LogP contribution in [-0.2, 0) is 0 Å². The van der Waals surface area contributed by atoms with Crippen LogP contribution in [0.3, 0.4) is 0 Å². The van der Waals surface area contributed by atoms with Crippen LogP contribution in [0.5, 0.6) is 0 Å². The van der Waals surface area contributed by atoms with Crippen molar-refractivity contribution in [1.82, 2.24) is 0 Å². The van der Waals surface area contributed by atoms with E-state index in [0.29, 0.717) is 5.92 Å². The Kier molecular flexibility index (Phi) is 6.20. The molecule has 0 spiro atoms. The molecule has 0 saturated carbocycles. The maximum absolute atomic E-state index is 11.8. The maximum atomic E-state index is 11.8. The van der Waals surface area contributed by atoms with Crippen molar-refractivity contribution in [3.8, 4) is 0 Å². The zero-order chi connectivity index (χ0) is 11.2. The summed E-state index contributed by atoms with van der Waals surface area (Å²) in [5, 5.41) is 0. The zero-order valence-corrected chi connectivity index (χ0v) is 9.04. The Balaban J connectivity index is 0.00000144. The molecule has 1 unspecified atom stereocenters. The van der Waals surface area contributed by atoms with Crippen molar-refractivity contribution in [2.45, 2.75) is 6.42 Å². The van der Waals surface area contributed by atoms with Gasteiger partial charge in [0.2, 0.25) is 0 Å². The number of hydrogen-bond donors (Lipinski definition) is 0. The summed E-state index contributed by atoms with van der Waals surface area (Å²) in [6.07, 6.45) is 12.9. The van der Waals surface area contributed by atoms with Crippen LogP contribution in [0.4, 0.5) is 0 Å². The van der Waals surface area contributed by atoms with Crippen molar-refractivity contribution in [1.29, 1.82) is 0 Å². The van der Waals surface area contributed by atoms with Crippen LogP contribution in [-0.4, -0.2) is 35.3 Å². The third kappa shape index (κ3) is 4.47. The van der Waals surface area contributed by atoms with Gasteiger partial charge in [-0.2, -0.15) is 0 Å². The van der Waals surface area contributed by atoms with Gasteiger partial charge in [0.15, 0.2) is 5.78 Å². The summed E-state index contributed by atoms with van der Waals surface area (Å²) >= 11 is 0. The van der Waals surface area contributed by atoms with Crippen molar-refractivity contribution < 1.29 is 4.79 Å². The molecule has 1 aliphatic rings. The van der Waals surface area contributed by atoms with E-state index in [9.17, 15) is 4.79 Å². The standard InChI is InChI=1S/C15H14O.Na.H/c16-15(14-9-5-2-6-10-14)12-11-13-7-3-1-4-8-13;;/h1-7,9-13H,8H2;;. The Hall–Kier alpha value is -0.890. The minimum absolute atomic E-state index is 0. The van der Waals surface area contributed by atoms with Gasteiger partial charge in [-0.05, 0) is 18.4 Å². The second-order valence-electron chi connectivity index (χ2n) is 3.80. The fourth-order valence-corrected chi connectivity index (χ4v) is 1.65. The quantitative estimate of drug-likeness (QED) is 0.446. The number of carbonyl (C=O) groups excluding carboxylic acids is 1. The van der Waals surface area contributed by atoms with E-state index in [2.05, 4.69) is 12.2 Å². The first kappa shape index (κ1) is 14.2. The topological polar surface area (TPSA) is 17.1 Å². The van der Waals surface area contributed by atoms with E-state index in [1.54, 1.807) is 6.08 Å². The molecule has 1 aromatic rings. The van der Waals surface area contributed by atoms with Crippen LogP contribution in [0, 0.1) is 5.92 Å². The summed E-state index contributed by atoms with van der Waals surface area (Å²) in [4.78, 5) is 11.8. The van der Waals surface area contributed by atoms with E-state index >= 15 is 0 Å². The molecule has 17 heavy (non-hydrogen) atoms. The molecule has 0 fully saturated rings.